The first-order valence-corrected chi connectivity index (χ1v) is 16.2. The first kappa shape index (κ1) is 28.8. The number of nitrogens with zero attached hydrogens (tertiary/aromatic N) is 1. The number of nitrogens with one attached hydrogen (secondary N) is 1. The molecule has 226 valence electrons. The molecule has 0 aromatic heterocycles. The molecule has 3 saturated heterocycles. The van der Waals surface area contributed by atoms with Crippen molar-refractivity contribution in [2.75, 3.05) is 27.3 Å². The number of rotatable bonds is 8. The van der Waals surface area contributed by atoms with Crippen LogP contribution in [0.2, 0.25) is 0 Å². The molecule has 0 spiro atoms. The maximum atomic E-state index is 14.2. The Bertz CT molecular complexity index is 914. The van der Waals surface area contributed by atoms with E-state index >= 15 is 0 Å². The molecule has 0 aromatic rings. The number of piperidine rings is 2. The molecule has 3 saturated carbocycles. The molecular formula is C31H52N3O6+. The van der Waals surface area contributed by atoms with E-state index in [-0.39, 0.29) is 42.1 Å². The van der Waals surface area contributed by atoms with Gasteiger partial charge in [-0.2, -0.15) is 0 Å². The lowest BCUT2D eigenvalue weighted by Gasteiger charge is -2.53. The number of aliphatic hydroxyl groups is 1. The Morgan fingerprint density at radius 1 is 1.02 bits per heavy atom. The molecule has 9 heteroatoms. The summed E-state index contributed by atoms with van der Waals surface area (Å²) in [6, 6.07) is 0.990. The van der Waals surface area contributed by atoms with Crippen LogP contribution in [0.25, 0.3) is 0 Å². The molecule has 40 heavy (non-hydrogen) atoms. The van der Waals surface area contributed by atoms with Crippen LogP contribution >= 0.6 is 0 Å². The summed E-state index contributed by atoms with van der Waals surface area (Å²) in [7, 11) is 3.47. The number of amides is 2. The van der Waals surface area contributed by atoms with E-state index in [2.05, 4.69) is 15.5 Å². The number of carbonyl (C=O) groups excluding carboxylic acids is 2. The van der Waals surface area contributed by atoms with Crippen LogP contribution in [0.3, 0.4) is 0 Å². The number of nitrogens with two attached hydrogens (primary N) is 1. The highest BCUT2D eigenvalue weighted by molar-refractivity contribution is 5.82. The molecule has 2 amide bonds. The average molecular weight is 563 g/mol. The number of carbonyl (C=O) groups is 2. The first-order chi connectivity index (χ1) is 19.4. The maximum absolute atomic E-state index is 14.2. The van der Waals surface area contributed by atoms with Gasteiger partial charge in [0, 0.05) is 39.1 Å². The normalized spacial score (nSPS) is 42.9. The van der Waals surface area contributed by atoms with Crippen molar-refractivity contribution in [3.05, 3.63) is 0 Å². The summed E-state index contributed by atoms with van der Waals surface area (Å²) < 4.78 is 18.1. The smallest absolute Gasteiger partial charge is 0.248 e. The van der Waals surface area contributed by atoms with E-state index in [0.717, 1.165) is 57.9 Å². The highest BCUT2D eigenvalue weighted by Gasteiger charge is 2.66. The zero-order valence-corrected chi connectivity index (χ0v) is 24.7. The van der Waals surface area contributed by atoms with Gasteiger partial charge in [-0.15, -0.1) is 0 Å². The predicted molar refractivity (Wildman–Crippen MR) is 148 cm³/mol. The number of aliphatic hydroxyl groups excluding tert-OH is 1. The maximum Gasteiger partial charge on any atom is 0.248 e. The van der Waals surface area contributed by atoms with E-state index < -0.39 is 12.2 Å². The van der Waals surface area contributed by atoms with Crippen molar-refractivity contribution in [2.24, 2.45) is 29.6 Å². The van der Waals surface area contributed by atoms with Crippen molar-refractivity contribution in [3.8, 4) is 0 Å². The molecule has 6 rings (SSSR count). The minimum absolute atomic E-state index is 0.0231. The van der Waals surface area contributed by atoms with Gasteiger partial charge >= 0.3 is 0 Å². The van der Waals surface area contributed by atoms with Crippen molar-refractivity contribution in [3.63, 3.8) is 0 Å². The van der Waals surface area contributed by atoms with Crippen molar-refractivity contribution < 1.29 is 34.2 Å². The summed E-state index contributed by atoms with van der Waals surface area (Å²) in [6.07, 6.45) is 10.3. The summed E-state index contributed by atoms with van der Waals surface area (Å²) in [5.74, 6) is 1.60. The predicted octanol–water partition coefficient (Wildman–Crippen LogP) is 1.22. The van der Waals surface area contributed by atoms with Crippen LogP contribution in [0.4, 0.5) is 0 Å². The van der Waals surface area contributed by atoms with Gasteiger partial charge in [-0.1, -0.05) is 19.3 Å². The molecule has 9 nitrogen and oxygen atoms in total. The number of hydrogen-bond acceptors (Lipinski definition) is 6. The fraction of sp³-hybridized carbons (Fsp3) is 0.935. The van der Waals surface area contributed by atoms with Gasteiger partial charge in [0.05, 0.1) is 42.9 Å². The molecule has 6 aliphatic rings. The summed E-state index contributed by atoms with van der Waals surface area (Å²) in [5, 5.41) is 16.0. The second kappa shape index (κ2) is 12.2. The number of fused-ring (bicyclic) bond motifs is 5. The van der Waals surface area contributed by atoms with E-state index in [1.807, 2.05) is 6.92 Å². The Kier molecular flexibility index (Phi) is 8.76. The lowest BCUT2D eigenvalue weighted by atomic mass is 9.64. The topological polar surface area (TPSA) is 114 Å². The van der Waals surface area contributed by atoms with Crippen molar-refractivity contribution >= 4 is 11.8 Å². The molecule has 6 fully saturated rings. The number of ether oxygens (including phenoxy) is 3. The van der Waals surface area contributed by atoms with E-state index in [1.165, 1.54) is 19.3 Å². The standard InChI is InChI=1S/C31H51N3O6/c1-17(30(36)33-16-24(35)18-7-5-4-6-8-18)40-19-9-11-23-22(15-19)20-13-14-32-27-21-10-12-25(38-2)29(39-3)26(21)31(37)34(23)28(20)27/h17-29,32,35H,4-16H2,1-3H3,(H,33,36)/p+1/t17-,19?,20?,21?,22?,23?,24+,25?,26?,27?,28?,29?/m0/s1. The Labute approximate surface area is 239 Å². The van der Waals surface area contributed by atoms with Gasteiger partial charge in [0.1, 0.15) is 12.1 Å². The zero-order valence-electron chi connectivity index (χ0n) is 24.7. The van der Waals surface area contributed by atoms with E-state index in [1.54, 1.807) is 14.2 Å². The summed E-state index contributed by atoms with van der Waals surface area (Å²) in [4.78, 5) is 29.4. The lowest BCUT2D eigenvalue weighted by Crippen LogP contribution is -2.99. The average Bonchev–Trinajstić information content (AvgIpc) is 3.32. The Morgan fingerprint density at radius 3 is 2.58 bits per heavy atom. The van der Waals surface area contributed by atoms with Gasteiger partial charge in [0.2, 0.25) is 11.8 Å². The molecular weight excluding hydrogens is 510 g/mol. The van der Waals surface area contributed by atoms with Crippen LogP contribution in [0.5, 0.6) is 0 Å². The molecule has 4 N–H and O–H groups in total. The van der Waals surface area contributed by atoms with Crippen molar-refractivity contribution in [1.29, 1.82) is 0 Å². The van der Waals surface area contributed by atoms with Gasteiger partial charge in [-0.25, -0.2) is 0 Å². The van der Waals surface area contributed by atoms with Crippen LogP contribution in [-0.2, 0) is 23.8 Å². The SMILES string of the molecule is COC1CCC2C3[NH2+]CCC4C5CC(O[C@@H](C)C(=O)NC[C@@H](O)C6CCCCC6)CCC5N(C(=O)C2C1OC)C43. The Balaban J connectivity index is 1.09. The molecule has 3 heterocycles. The van der Waals surface area contributed by atoms with Gasteiger partial charge in [0.25, 0.3) is 0 Å². The molecule has 0 radical (unpaired) electrons. The molecule has 12 atom stereocenters. The molecule has 3 aliphatic carbocycles. The second-order valence-electron chi connectivity index (χ2n) is 13.7. The van der Waals surface area contributed by atoms with Crippen LogP contribution in [-0.4, -0.2) is 97.8 Å². The number of quaternary nitrogens is 1. The van der Waals surface area contributed by atoms with Crippen LogP contribution in [0, 0.1) is 29.6 Å². The zero-order chi connectivity index (χ0) is 28.0. The third kappa shape index (κ3) is 5.12. The fourth-order valence-electron chi connectivity index (χ4n) is 10.0. The minimum Gasteiger partial charge on any atom is -0.391 e. The van der Waals surface area contributed by atoms with E-state index in [0.29, 0.717) is 42.3 Å². The molecule has 0 aromatic carbocycles. The molecule has 3 aliphatic heterocycles. The fourth-order valence-corrected chi connectivity index (χ4v) is 10.0. The van der Waals surface area contributed by atoms with Gasteiger partial charge in [0.15, 0.2) is 0 Å². The van der Waals surface area contributed by atoms with Crippen LogP contribution < -0.4 is 10.6 Å². The summed E-state index contributed by atoms with van der Waals surface area (Å²) in [6.45, 7) is 3.25. The minimum atomic E-state index is -0.547. The van der Waals surface area contributed by atoms with Crippen molar-refractivity contribution in [1.82, 2.24) is 10.2 Å². The third-order valence-corrected chi connectivity index (χ3v) is 11.8. The highest BCUT2D eigenvalue weighted by atomic mass is 16.5. The lowest BCUT2D eigenvalue weighted by molar-refractivity contribution is -0.713. The van der Waals surface area contributed by atoms with Crippen molar-refractivity contribution in [2.45, 2.75) is 126 Å². The third-order valence-electron chi connectivity index (χ3n) is 11.8. The van der Waals surface area contributed by atoms with E-state index in [4.69, 9.17) is 14.2 Å². The highest BCUT2D eigenvalue weighted by Crippen LogP contribution is 2.53. The summed E-state index contributed by atoms with van der Waals surface area (Å²) in [5.41, 5.74) is 0. The monoisotopic (exact) mass is 562 g/mol. The molecule has 10 unspecified atom stereocenters. The van der Waals surface area contributed by atoms with Gasteiger partial charge in [-0.05, 0) is 69.6 Å². The first-order valence-electron chi connectivity index (χ1n) is 16.2. The van der Waals surface area contributed by atoms with Gasteiger partial charge < -0.3 is 34.9 Å². The largest absolute Gasteiger partial charge is 0.391 e. The summed E-state index contributed by atoms with van der Waals surface area (Å²) >= 11 is 0. The number of methoxy groups -OCH3 is 2. The Morgan fingerprint density at radius 2 is 1.82 bits per heavy atom. The Hall–Kier alpha value is -1.26. The molecule has 0 bridgehead atoms. The van der Waals surface area contributed by atoms with Gasteiger partial charge in [-0.3, -0.25) is 9.59 Å². The quantitative estimate of drug-likeness (QED) is 0.410. The number of hydrogen-bond donors (Lipinski definition) is 3. The second-order valence-corrected chi connectivity index (χ2v) is 13.7. The van der Waals surface area contributed by atoms with E-state index in [9.17, 15) is 14.7 Å². The van der Waals surface area contributed by atoms with Crippen LogP contribution in [0.1, 0.15) is 77.6 Å². The van der Waals surface area contributed by atoms with Crippen LogP contribution in [0.15, 0.2) is 0 Å².